The second kappa shape index (κ2) is 12.7. The third-order valence-electron chi connectivity index (χ3n) is 6.83. The molecule has 0 radical (unpaired) electrons. The lowest BCUT2D eigenvalue weighted by Gasteiger charge is -2.23. The number of carbonyl (C=O) groups is 2. The van der Waals surface area contributed by atoms with Gasteiger partial charge >= 0.3 is 5.91 Å². The average molecular weight is 591 g/mol. The van der Waals surface area contributed by atoms with Gasteiger partial charge in [0.1, 0.15) is 17.3 Å². The largest absolute Gasteiger partial charge is 0.507 e. The predicted molar refractivity (Wildman–Crippen MR) is 163 cm³/mol. The lowest BCUT2D eigenvalue weighted by atomic mass is 9.95. The molecule has 1 unspecified atom stereocenters. The number of rotatable bonds is 11. The smallest absolute Gasteiger partial charge is 0.301 e. The van der Waals surface area contributed by atoms with Gasteiger partial charge in [0.05, 0.1) is 35.0 Å². The topological polar surface area (TPSA) is 89.0 Å². The number of hydrogen-bond donors (Lipinski definition) is 1. The van der Waals surface area contributed by atoms with Crippen molar-refractivity contribution in [2.75, 3.05) is 18.1 Å². The van der Waals surface area contributed by atoms with Crippen molar-refractivity contribution < 1.29 is 24.2 Å². The number of thiazole rings is 1. The Balaban J connectivity index is 1.60. The molecule has 2 heterocycles. The van der Waals surface area contributed by atoms with Crippen LogP contribution in [-0.4, -0.2) is 35.0 Å². The zero-order valence-electron chi connectivity index (χ0n) is 22.9. The number of ether oxygens (including phenoxy) is 2. The van der Waals surface area contributed by atoms with Gasteiger partial charge in [0.15, 0.2) is 5.13 Å². The van der Waals surface area contributed by atoms with Gasteiger partial charge in [-0.15, -0.1) is 0 Å². The lowest BCUT2D eigenvalue weighted by molar-refractivity contribution is -0.132. The fourth-order valence-electron chi connectivity index (χ4n) is 4.64. The Morgan fingerprint density at radius 3 is 2.37 bits per heavy atom. The summed E-state index contributed by atoms with van der Waals surface area (Å²) in [6.45, 7) is 5.31. The van der Waals surface area contributed by atoms with Crippen molar-refractivity contribution in [3.63, 3.8) is 0 Å². The molecule has 1 saturated heterocycles. The number of anilines is 1. The monoisotopic (exact) mass is 590 g/mol. The molecule has 1 aliphatic rings. The minimum atomic E-state index is -0.902. The van der Waals surface area contributed by atoms with E-state index in [1.165, 1.54) is 16.2 Å². The average Bonchev–Trinajstić information content (AvgIpc) is 3.51. The van der Waals surface area contributed by atoms with Gasteiger partial charge in [-0.3, -0.25) is 14.5 Å². The molecule has 41 heavy (non-hydrogen) atoms. The SMILES string of the molecule is CCCCOc1ccc(C2/C(=C(\O)c3cccc(OCCCC)c3)C(=O)C(=O)N2c2nc3ccc(Cl)cc3s2)cc1. The van der Waals surface area contributed by atoms with Gasteiger partial charge in [0.25, 0.3) is 5.78 Å². The summed E-state index contributed by atoms with van der Waals surface area (Å²) in [5, 5.41) is 12.4. The van der Waals surface area contributed by atoms with Crippen LogP contribution in [0.15, 0.2) is 72.3 Å². The molecule has 0 aliphatic carbocycles. The molecule has 0 saturated carbocycles. The van der Waals surface area contributed by atoms with Gasteiger partial charge in [-0.2, -0.15) is 0 Å². The standard InChI is InChI=1S/C32H31ClN2O5S/c1-3-5-16-39-23-13-10-20(11-14-23)28-27(29(36)21-8-7-9-24(18-21)40-17-6-4-2)30(37)31(38)35(28)32-34-25-15-12-22(33)19-26(25)41-32/h7-15,18-19,28,36H,3-6,16-17H2,1-2H3/b29-27+. The van der Waals surface area contributed by atoms with Crippen LogP contribution in [0, 0.1) is 0 Å². The Bertz CT molecular complexity index is 1600. The maximum absolute atomic E-state index is 13.6. The zero-order chi connectivity index (χ0) is 28.9. The predicted octanol–water partition coefficient (Wildman–Crippen LogP) is 7.93. The molecule has 0 spiro atoms. The van der Waals surface area contributed by atoms with Gasteiger partial charge in [0, 0.05) is 10.6 Å². The van der Waals surface area contributed by atoms with E-state index in [-0.39, 0.29) is 11.3 Å². The number of hydrogen-bond acceptors (Lipinski definition) is 7. The Hall–Kier alpha value is -3.88. The highest BCUT2D eigenvalue weighted by atomic mass is 35.5. The highest BCUT2D eigenvalue weighted by molar-refractivity contribution is 7.22. The molecule has 1 aromatic heterocycles. The van der Waals surface area contributed by atoms with Crippen molar-refractivity contribution in [2.45, 2.75) is 45.6 Å². The number of aliphatic hydroxyl groups excluding tert-OH is 1. The highest BCUT2D eigenvalue weighted by Crippen LogP contribution is 2.45. The van der Waals surface area contributed by atoms with Gasteiger partial charge in [-0.1, -0.05) is 73.9 Å². The lowest BCUT2D eigenvalue weighted by Crippen LogP contribution is -2.29. The molecule has 3 aromatic carbocycles. The van der Waals surface area contributed by atoms with E-state index >= 15 is 0 Å². The first-order valence-corrected chi connectivity index (χ1v) is 14.9. The summed E-state index contributed by atoms with van der Waals surface area (Å²) >= 11 is 7.45. The summed E-state index contributed by atoms with van der Waals surface area (Å²) < 4.78 is 12.4. The molecule has 9 heteroatoms. The van der Waals surface area contributed by atoms with Crippen LogP contribution < -0.4 is 14.4 Å². The first-order chi connectivity index (χ1) is 19.9. The van der Waals surface area contributed by atoms with Crippen LogP contribution in [0.4, 0.5) is 5.13 Å². The Labute approximate surface area is 248 Å². The molecule has 1 aliphatic heterocycles. The summed E-state index contributed by atoms with van der Waals surface area (Å²) in [4.78, 5) is 33.2. The van der Waals surface area contributed by atoms with Crippen molar-refractivity contribution in [1.82, 2.24) is 4.98 Å². The number of unbranched alkanes of at least 4 members (excludes halogenated alkanes) is 2. The van der Waals surface area contributed by atoms with Crippen molar-refractivity contribution in [2.24, 2.45) is 0 Å². The number of ketones is 1. The number of halogens is 1. The van der Waals surface area contributed by atoms with E-state index in [0.717, 1.165) is 30.4 Å². The number of amides is 1. The molecule has 1 atom stereocenters. The van der Waals surface area contributed by atoms with E-state index in [2.05, 4.69) is 18.8 Å². The highest BCUT2D eigenvalue weighted by Gasteiger charge is 2.48. The van der Waals surface area contributed by atoms with Crippen LogP contribution in [-0.2, 0) is 9.59 Å². The fourth-order valence-corrected chi connectivity index (χ4v) is 5.91. The summed E-state index contributed by atoms with van der Waals surface area (Å²) in [5.74, 6) is -0.564. The molecule has 1 N–H and O–H groups in total. The van der Waals surface area contributed by atoms with Gasteiger partial charge in [-0.25, -0.2) is 4.98 Å². The van der Waals surface area contributed by atoms with Crippen LogP contribution in [0.1, 0.15) is 56.7 Å². The Morgan fingerprint density at radius 2 is 1.66 bits per heavy atom. The van der Waals surface area contributed by atoms with E-state index in [1.807, 2.05) is 24.3 Å². The van der Waals surface area contributed by atoms with Crippen molar-refractivity contribution in [3.05, 3.63) is 88.5 Å². The third kappa shape index (κ3) is 6.09. The Kier molecular flexibility index (Phi) is 8.90. The van der Waals surface area contributed by atoms with E-state index in [0.29, 0.717) is 51.5 Å². The summed E-state index contributed by atoms with van der Waals surface area (Å²) in [7, 11) is 0. The fraction of sp³-hybridized carbons (Fsp3) is 0.281. The quantitative estimate of drug-likeness (QED) is 0.0825. The number of carbonyl (C=O) groups excluding carboxylic acids is 2. The summed E-state index contributed by atoms with van der Waals surface area (Å²) in [5.41, 5.74) is 1.67. The van der Waals surface area contributed by atoms with Crippen LogP contribution in [0.25, 0.3) is 16.0 Å². The number of benzene rings is 3. The molecule has 7 nitrogen and oxygen atoms in total. The van der Waals surface area contributed by atoms with E-state index < -0.39 is 17.7 Å². The van der Waals surface area contributed by atoms with Crippen molar-refractivity contribution >= 4 is 55.7 Å². The molecular weight excluding hydrogens is 560 g/mol. The number of aromatic nitrogens is 1. The minimum Gasteiger partial charge on any atom is -0.507 e. The van der Waals surface area contributed by atoms with Crippen LogP contribution in [0.2, 0.25) is 5.02 Å². The zero-order valence-corrected chi connectivity index (χ0v) is 24.5. The van der Waals surface area contributed by atoms with Gasteiger partial charge in [0.2, 0.25) is 0 Å². The second-order valence-corrected chi connectivity index (χ2v) is 11.2. The second-order valence-electron chi connectivity index (χ2n) is 9.78. The van der Waals surface area contributed by atoms with Crippen LogP contribution in [0.5, 0.6) is 11.5 Å². The Morgan fingerprint density at radius 1 is 0.951 bits per heavy atom. The van der Waals surface area contributed by atoms with E-state index in [4.69, 9.17) is 21.1 Å². The minimum absolute atomic E-state index is 0.0161. The molecular formula is C32H31ClN2O5S. The van der Waals surface area contributed by atoms with Crippen molar-refractivity contribution in [1.29, 1.82) is 0 Å². The third-order valence-corrected chi connectivity index (χ3v) is 8.08. The molecule has 1 fully saturated rings. The number of nitrogens with zero attached hydrogens (tertiary/aromatic N) is 2. The summed E-state index contributed by atoms with van der Waals surface area (Å²) in [6.07, 6.45) is 3.84. The van der Waals surface area contributed by atoms with Gasteiger partial charge < -0.3 is 14.6 Å². The normalized spacial score (nSPS) is 16.5. The molecule has 212 valence electrons. The number of aliphatic hydroxyl groups is 1. The number of Topliss-reactive ketones (excluding diaryl/α,β-unsaturated/α-hetero) is 1. The van der Waals surface area contributed by atoms with Crippen LogP contribution in [0.3, 0.4) is 0 Å². The maximum atomic E-state index is 13.6. The van der Waals surface area contributed by atoms with E-state index in [9.17, 15) is 14.7 Å². The molecule has 4 aromatic rings. The number of fused-ring (bicyclic) bond motifs is 1. The first kappa shape index (κ1) is 28.6. The summed E-state index contributed by atoms with van der Waals surface area (Å²) in [6, 6.07) is 18.5. The molecule has 1 amide bonds. The van der Waals surface area contributed by atoms with Crippen molar-refractivity contribution in [3.8, 4) is 11.5 Å². The van der Waals surface area contributed by atoms with Crippen LogP contribution >= 0.6 is 22.9 Å². The van der Waals surface area contributed by atoms with E-state index in [1.54, 1.807) is 42.5 Å². The van der Waals surface area contributed by atoms with Gasteiger partial charge in [-0.05, 0) is 60.9 Å². The first-order valence-electron chi connectivity index (χ1n) is 13.7. The molecule has 0 bridgehead atoms. The molecule has 5 rings (SSSR count). The maximum Gasteiger partial charge on any atom is 0.301 e.